The summed E-state index contributed by atoms with van der Waals surface area (Å²) in [6.07, 6.45) is 3.07. The zero-order valence-corrected chi connectivity index (χ0v) is 15.9. The molecule has 8 heteroatoms. The van der Waals surface area contributed by atoms with E-state index in [4.69, 9.17) is 23.2 Å². The number of anilines is 1. The SMILES string of the molecule is O=C(CCc1ccc(Cl)cc1Cl)Nc1cccc(-c2nnnn2C2CC2)c1. The van der Waals surface area contributed by atoms with Gasteiger partial charge in [0.1, 0.15) is 0 Å². The van der Waals surface area contributed by atoms with Crippen molar-refractivity contribution in [2.45, 2.75) is 31.7 Å². The summed E-state index contributed by atoms with van der Waals surface area (Å²) in [5, 5.41) is 16.1. The summed E-state index contributed by atoms with van der Waals surface area (Å²) in [6, 6.07) is 13.2. The lowest BCUT2D eigenvalue weighted by molar-refractivity contribution is -0.116. The molecule has 27 heavy (non-hydrogen) atoms. The van der Waals surface area contributed by atoms with Crippen LogP contribution in [0.2, 0.25) is 10.0 Å². The lowest BCUT2D eigenvalue weighted by Crippen LogP contribution is -2.12. The predicted octanol–water partition coefficient (Wildman–Crippen LogP) is 4.55. The Morgan fingerprint density at radius 1 is 1.19 bits per heavy atom. The number of carbonyl (C=O) groups is 1. The molecule has 0 spiro atoms. The maximum atomic E-state index is 12.3. The van der Waals surface area contributed by atoms with E-state index in [1.807, 2.05) is 35.0 Å². The molecule has 0 aliphatic heterocycles. The van der Waals surface area contributed by atoms with E-state index in [1.165, 1.54) is 0 Å². The third kappa shape index (κ3) is 4.28. The van der Waals surface area contributed by atoms with Gasteiger partial charge >= 0.3 is 0 Å². The van der Waals surface area contributed by atoms with Crippen molar-refractivity contribution < 1.29 is 4.79 Å². The van der Waals surface area contributed by atoms with Crippen LogP contribution in [0.3, 0.4) is 0 Å². The Labute approximate surface area is 166 Å². The molecule has 1 amide bonds. The highest BCUT2D eigenvalue weighted by molar-refractivity contribution is 6.35. The van der Waals surface area contributed by atoms with E-state index < -0.39 is 0 Å². The summed E-state index contributed by atoms with van der Waals surface area (Å²) in [4.78, 5) is 12.3. The third-order valence-electron chi connectivity index (χ3n) is 4.43. The molecular weight excluding hydrogens is 385 g/mol. The van der Waals surface area contributed by atoms with Crippen molar-refractivity contribution >= 4 is 34.8 Å². The number of nitrogens with zero attached hydrogens (tertiary/aromatic N) is 4. The number of carbonyl (C=O) groups excluding carboxylic acids is 1. The molecule has 1 fully saturated rings. The Balaban J connectivity index is 1.42. The smallest absolute Gasteiger partial charge is 0.224 e. The highest BCUT2D eigenvalue weighted by Crippen LogP contribution is 2.36. The second-order valence-corrected chi connectivity index (χ2v) is 7.39. The van der Waals surface area contributed by atoms with E-state index in [-0.39, 0.29) is 5.91 Å². The number of benzene rings is 2. The van der Waals surface area contributed by atoms with E-state index >= 15 is 0 Å². The lowest BCUT2D eigenvalue weighted by Gasteiger charge is -2.08. The number of hydrogen-bond donors (Lipinski definition) is 1. The minimum absolute atomic E-state index is 0.0834. The molecule has 1 N–H and O–H groups in total. The van der Waals surface area contributed by atoms with Crippen LogP contribution >= 0.6 is 23.2 Å². The Hall–Kier alpha value is -2.44. The highest BCUT2D eigenvalue weighted by atomic mass is 35.5. The fraction of sp³-hybridized carbons (Fsp3) is 0.263. The van der Waals surface area contributed by atoms with Crippen molar-refractivity contribution in [1.29, 1.82) is 0 Å². The van der Waals surface area contributed by atoms with E-state index in [1.54, 1.807) is 12.1 Å². The summed E-state index contributed by atoms with van der Waals surface area (Å²) in [5.74, 6) is 0.640. The van der Waals surface area contributed by atoms with Crippen molar-refractivity contribution in [3.63, 3.8) is 0 Å². The third-order valence-corrected chi connectivity index (χ3v) is 5.01. The molecule has 4 rings (SSSR count). The molecule has 1 saturated carbocycles. The molecule has 0 bridgehead atoms. The van der Waals surface area contributed by atoms with Crippen molar-refractivity contribution in [2.75, 3.05) is 5.32 Å². The number of aryl methyl sites for hydroxylation is 1. The minimum atomic E-state index is -0.0834. The summed E-state index contributed by atoms with van der Waals surface area (Å²) >= 11 is 12.1. The normalized spacial score (nSPS) is 13.6. The Morgan fingerprint density at radius 2 is 2.04 bits per heavy atom. The van der Waals surface area contributed by atoms with Crippen molar-refractivity contribution in [1.82, 2.24) is 20.2 Å². The minimum Gasteiger partial charge on any atom is -0.326 e. The first-order chi connectivity index (χ1) is 13.1. The number of aromatic nitrogens is 4. The van der Waals surface area contributed by atoms with E-state index in [0.717, 1.165) is 29.8 Å². The van der Waals surface area contributed by atoms with Crippen LogP contribution in [-0.4, -0.2) is 26.1 Å². The molecule has 6 nitrogen and oxygen atoms in total. The fourth-order valence-corrected chi connectivity index (χ4v) is 3.38. The summed E-state index contributed by atoms with van der Waals surface area (Å²) in [7, 11) is 0. The lowest BCUT2D eigenvalue weighted by atomic mass is 10.1. The standard InChI is InChI=1S/C19H17Cl2N5O/c20-14-6-4-12(17(21)11-14)5-9-18(27)22-15-3-1-2-13(10-15)19-23-24-25-26(19)16-7-8-16/h1-4,6,10-11,16H,5,7-9H2,(H,22,27). The van der Waals surface area contributed by atoms with Gasteiger partial charge in [-0.1, -0.05) is 41.4 Å². The van der Waals surface area contributed by atoms with Crippen LogP contribution in [0.25, 0.3) is 11.4 Å². The molecule has 1 heterocycles. The molecule has 1 aromatic heterocycles. The van der Waals surface area contributed by atoms with Gasteiger partial charge < -0.3 is 5.32 Å². The first kappa shape index (κ1) is 17.9. The maximum absolute atomic E-state index is 12.3. The quantitative estimate of drug-likeness (QED) is 0.657. The molecule has 1 aliphatic carbocycles. The first-order valence-corrected chi connectivity index (χ1v) is 9.48. The number of tetrazole rings is 1. The zero-order valence-electron chi connectivity index (χ0n) is 14.4. The van der Waals surface area contributed by atoms with Gasteiger partial charge in [0, 0.05) is 27.7 Å². The number of amides is 1. The van der Waals surface area contributed by atoms with E-state index in [0.29, 0.717) is 34.6 Å². The zero-order chi connectivity index (χ0) is 18.8. The van der Waals surface area contributed by atoms with Crippen LogP contribution < -0.4 is 5.32 Å². The summed E-state index contributed by atoms with van der Waals surface area (Å²) < 4.78 is 1.85. The van der Waals surface area contributed by atoms with Gasteiger partial charge in [0.2, 0.25) is 5.91 Å². The Bertz CT molecular complexity index is 984. The number of halogens is 2. The Kier molecular flexibility index (Phi) is 5.09. The largest absolute Gasteiger partial charge is 0.326 e. The molecule has 1 aliphatic rings. The van der Waals surface area contributed by atoms with Crippen LogP contribution in [-0.2, 0) is 11.2 Å². The van der Waals surface area contributed by atoms with Gasteiger partial charge in [-0.25, -0.2) is 4.68 Å². The molecule has 138 valence electrons. The van der Waals surface area contributed by atoms with Gasteiger partial charge in [0.05, 0.1) is 6.04 Å². The molecule has 3 aromatic rings. The van der Waals surface area contributed by atoms with Crippen LogP contribution in [0.15, 0.2) is 42.5 Å². The van der Waals surface area contributed by atoms with Crippen LogP contribution in [0.5, 0.6) is 0 Å². The number of nitrogens with one attached hydrogen (secondary N) is 1. The number of rotatable bonds is 6. The predicted molar refractivity (Wildman–Crippen MR) is 105 cm³/mol. The van der Waals surface area contributed by atoms with Crippen LogP contribution in [0.1, 0.15) is 30.9 Å². The molecule has 2 aromatic carbocycles. The van der Waals surface area contributed by atoms with Gasteiger partial charge in [0.25, 0.3) is 0 Å². The van der Waals surface area contributed by atoms with E-state index in [2.05, 4.69) is 20.8 Å². The van der Waals surface area contributed by atoms with Crippen LogP contribution in [0.4, 0.5) is 5.69 Å². The van der Waals surface area contributed by atoms with Crippen molar-refractivity contribution in [2.24, 2.45) is 0 Å². The van der Waals surface area contributed by atoms with Gasteiger partial charge in [-0.2, -0.15) is 0 Å². The number of hydrogen-bond acceptors (Lipinski definition) is 4. The Morgan fingerprint density at radius 3 is 2.81 bits per heavy atom. The van der Waals surface area contributed by atoms with Gasteiger partial charge in [-0.05, 0) is 59.5 Å². The second-order valence-electron chi connectivity index (χ2n) is 6.54. The van der Waals surface area contributed by atoms with Gasteiger partial charge in [-0.3, -0.25) is 4.79 Å². The fourth-order valence-electron chi connectivity index (χ4n) is 2.88. The molecular formula is C19H17Cl2N5O. The first-order valence-electron chi connectivity index (χ1n) is 8.72. The van der Waals surface area contributed by atoms with Gasteiger partial charge in [0.15, 0.2) is 5.82 Å². The van der Waals surface area contributed by atoms with Crippen molar-refractivity contribution in [3.8, 4) is 11.4 Å². The highest BCUT2D eigenvalue weighted by Gasteiger charge is 2.28. The molecule has 0 atom stereocenters. The average molecular weight is 402 g/mol. The molecule has 0 radical (unpaired) electrons. The summed E-state index contributed by atoms with van der Waals surface area (Å²) in [5.41, 5.74) is 2.49. The topological polar surface area (TPSA) is 72.7 Å². The van der Waals surface area contributed by atoms with Crippen molar-refractivity contribution in [3.05, 3.63) is 58.1 Å². The maximum Gasteiger partial charge on any atom is 0.224 e. The average Bonchev–Trinajstić information content (AvgIpc) is 3.37. The molecule has 0 unspecified atom stereocenters. The van der Waals surface area contributed by atoms with E-state index in [9.17, 15) is 4.79 Å². The summed E-state index contributed by atoms with van der Waals surface area (Å²) in [6.45, 7) is 0. The second kappa shape index (κ2) is 7.66. The van der Waals surface area contributed by atoms with Gasteiger partial charge in [-0.15, -0.1) is 5.10 Å². The monoisotopic (exact) mass is 401 g/mol. The van der Waals surface area contributed by atoms with Crippen LogP contribution in [0, 0.1) is 0 Å². The molecule has 0 saturated heterocycles.